The van der Waals surface area contributed by atoms with Crippen LogP contribution in [0.3, 0.4) is 0 Å². The number of nitrogens with two attached hydrogens (primary N) is 2. The molecule has 0 unspecified atom stereocenters. The van der Waals surface area contributed by atoms with E-state index in [2.05, 4.69) is 5.32 Å². The van der Waals surface area contributed by atoms with Gasteiger partial charge in [0.25, 0.3) is 0 Å². The summed E-state index contributed by atoms with van der Waals surface area (Å²) in [5.41, 5.74) is 11.9. The maximum absolute atomic E-state index is 5.36. The maximum atomic E-state index is 5.36. The molecule has 70 valence electrons. The van der Waals surface area contributed by atoms with Crippen molar-refractivity contribution in [2.75, 3.05) is 6.54 Å². The third-order valence-corrected chi connectivity index (χ3v) is 1.61. The van der Waals surface area contributed by atoms with Gasteiger partial charge in [-0.3, -0.25) is 5.32 Å². The van der Waals surface area contributed by atoms with Crippen LogP contribution in [-0.4, -0.2) is 12.8 Å². The maximum Gasteiger partial charge on any atom is 0.107 e. The minimum absolute atomic E-state index is 0.459. The molecule has 5 N–H and O–H groups in total. The molecule has 3 heteroatoms. The lowest BCUT2D eigenvalue weighted by Gasteiger charge is -2.08. The Kier molecular flexibility index (Phi) is 4.18. The van der Waals surface area contributed by atoms with Crippen molar-refractivity contribution < 1.29 is 0 Å². The van der Waals surface area contributed by atoms with Gasteiger partial charge in [-0.2, -0.15) is 0 Å². The summed E-state index contributed by atoms with van der Waals surface area (Å²) in [6, 6.07) is 0. The molecule has 0 fully saturated rings. The summed E-state index contributed by atoms with van der Waals surface area (Å²) in [5.74, 6) is 0. The van der Waals surface area contributed by atoms with Crippen molar-refractivity contribution in [3.8, 4) is 0 Å². The molecule has 0 aromatic rings. The lowest BCUT2D eigenvalue weighted by molar-refractivity contribution is 0.576. The van der Waals surface area contributed by atoms with Gasteiger partial charge in [-0.25, -0.2) is 0 Å². The zero-order valence-corrected chi connectivity index (χ0v) is 7.48. The highest BCUT2D eigenvalue weighted by atomic mass is 15.1. The van der Waals surface area contributed by atoms with E-state index in [1.54, 1.807) is 0 Å². The van der Waals surface area contributed by atoms with E-state index in [1.165, 1.54) is 0 Å². The third-order valence-electron chi connectivity index (χ3n) is 1.61. The molecule has 0 spiro atoms. The largest absolute Gasteiger partial charge is 0.304 e. The summed E-state index contributed by atoms with van der Waals surface area (Å²) in [5, 5.41) is 2.94. The van der Waals surface area contributed by atoms with Crippen molar-refractivity contribution in [2.24, 2.45) is 11.5 Å². The van der Waals surface area contributed by atoms with Gasteiger partial charge >= 0.3 is 0 Å². The summed E-state index contributed by atoms with van der Waals surface area (Å²) in [6.07, 6.45) is 13.5. The van der Waals surface area contributed by atoms with Crippen molar-refractivity contribution in [1.29, 1.82) is 0 Å². The second-order valence-electron chi connectivity index (χ2n) is 2.78. The van der Waals surface area contributed by atoms with Gasteiger partial charge in [-0.15, -0.1) is 0 Å². The summed E-state index contributed by atoms with van der Waals surface area (Å²) in [4.78, 5) is 0. The van der Waals surface area contributed by atoms with Crippen LogP contribution >= 0.6 is 0 Å². The number of rotatable bonds is 3. The molecule has 1 aliphatic rings. The highest BCUT2D eigenvalue weighted by Gasteiger charge is 1.94. The van der Waals surface area contributed by atoms with Crippen LogP contribution in [0.2, 0.25) is 0 Å². The first-order chi connectivity index (χ1) is 6.29. The number of hydrogen-bond donors (Lipinski definition) is 3. The normalized spacial score (nSPS) is 15.8. The highest BCUT2D eigenvalue weighted by Crippen LogP contribution is 1.99. The first-order valence-electron chi connectivity index (χ1n) is 4.24. The summed E-state index contributed by atoms with van der Waals surface area (Å²) < 4.78 is 0. The monoisotopic (exact) mass is 177 g/mol. The van der Waals surface area contributed by atoms with E-state index in [1.807, 2.05) is 42.5 Å². The lowest BCUT2D eigenvalue weighted by Crippen LogP contribution is -2.45. The molecule has 0 aromatic carbocycles. The van der Waals surface area contributed by atoms with Gasteiger partial charge in [0.15, 0.2) is 0 Å². The molecular weight excluding hydrogens is 162 g/mol. The Balaban J connectivity index is 2.48. The second kappa shape index (κ2) is 5.48. The zero-order chi connectivity index (χ0) is 9.52. The average molecular weight is 177 g/mol. The molecule has 1 aliphatic carbocycles. The SMILES string of the molecule is NC(N)NCC1=CC=CC=CC=C1. The van der Waals surface area contributed by atoms with Gasteiger partial charge in [0, 0.05) is 6.54 Å². The van der Waals surface area contributed by atoms with Gasteiger partial charge in [-0.1, -0.05) is 42.5 Å². The van der Waals surface area contributed by atoms with Crippen LogP contribution in [0, 0.1) is 0 Å². The summed E-state index contributed by atoms with van der Waals surface area (Å²) >= 11 is 0. The van der Waals surface area contributed by atoms with E-state index in [9.17, 15) is 0 Å². The van der Waals surface area contributed by atoms with E-state index in [-0.39, 0.29) is 0 Å². The van der Waals surface area contributed by atoms with Crippen molar-refractivity contribution >= 4 is 0 Å². The molecular formula is C10H15N3. The van der Waals surface area contributed by atoms with Gasteiger partial charge in [0.05, 0.1) is 0 Å². The van der Waals surface area contributed by atoms with Crippen molar-refractivity contribution in [3.63, 3.8) is 0 Å². The van der Waals surface area contributed by atoms with E-state index in [0.29, 0.717) is 6.54 Å². The Bertz CT molecular complexity index is 259. The Hall–Kier alpha value is -1.16. The summed E-state index contributed by atoms with van der Waals surface area (Å²) in [6.45, 7) is 0.687. The van der Waals surface area contributed by atoms with Crippen LogP contribution in [0.15, 0.2) is 48.1 Å². The predicted molar refractivity (Wildman–Crippen MR) is 55.7 cm³/mol. The van der Waals surface area contributed by atoms with Crippen LogP contribution in [0.25, 0.3) is 0 Å². The summed E-state index contributed by atoms with van der Waals surface area (Å²) in [7, 11) is 0. The molecule has 0 amide bonds. The molecule has 1 rings (SSSR count). The molecule has 0 atom stereocenters. The minimum Gasteiger partial charge on any atom is -0.304 e. The number of allylic oxidation sites excluding steroid dienone is 6. The van der Waals surface area contributed by atoms with E-state index in [4.69, 9.17) is 11.5 Å². The Labute approximate surface area is 78.5 Å². The fraction of sp³-hybridized carbons (Fsp3) is 0.200. The van der Waals surface area contributed by atoms with Crippen molar-refractivity contribution in [3.05, 3.63) is 48.1 Å². The van der Waals surface area contributed by atoms with Crippen LogP contribution in [0.1, 0.15) is 0 Å². The molecule has 0 radical (unpaired) electrons. The molecule has 0 heterocycles. The van der Waals surface area contributed by atoms with Crippen LogP contribution in [-0.2, 0) is 0 Å². The molecule has 13 heavy (non-hydrogen) atoms. The van der Waals surface area contributed by atoms with Crippen molar-refractivity contribution in [1.82, 2.24) is 5.32 Å². The Morgan fingerprint density at radius 2 is 1.77 bits per heavy atom. The molecule has 0 saturated carbocycles. The zero-order valence-electron chi connectivity index (χ0n) is 7.48. The standard InChI is InChI=1S/C10H15N3/c11-10(12)13-8-9-6-4-2-1-3-5-7-9/h1-7,10,13H,8,11-12H2. The topological polar surface area (TPSA) is 64.1 Å². The molecule has 0 aromatic heterocycles. The number of hydrogen-bond acceptors (Lipinski definition) is 3. The smallest absolute Gasteiger partial charge is 0.107 e. The average Bonchev–Trinajstić information content (AvgIpc) is 2.01. The van der Waals surface area contributed by atoms with Crippen LogP contribution in [0.4, 0.5) is 0 Å². The van der Waals surface area contributed by atoms with Gasteiger partial charge in [0.2, 0.25) is 0 Å². The highest BCUT2D eigenvalue weighted by molar-refractivity contribution is 5.31. The Morgan fingerprint density at radius 3 is 2.54 bits per heavy atom. The first-order valence-corrected chi connectivity index (χ1v) is 4.24. The number of nitrogens with one attached hydrogen (secondary N) is 1. The van der Waals surface area contributed by atoms with E-state index >= 15 is 0 Å². The molecule has 0 aliphatic heterocycles. The fourth-order valence-corrected chi connectivity index (χ4v) is 0.960. The van der Waals surface area contributed by atoms with Crippen LogP contribution in [0.5, 0.6) is 0 Å². The van der Waals surface area contributed by atoms with E-state index < -0.39 is 6.29 Å². The quantitative estimate of drug-likeness (QED) is 0.546. The van der Waals surface area contributed by atoms with E-state index in [0.717, 1.165) is 5.57 Å². The van der Waals surface area contributed by atoms with Gasteiger partial charge < -0.3 is 11.5 Å². The third kappa shape index (κ3) is 4.42. The minimum atomic E-state index is -0.459. The molecule has 3 nitrogen and oxygen atoms in total. The van der Waals surface area contributed by atoms with Gasteiger partial charge in [0.1, 0.15) is 6.29 Å². The van der Waals surface area contributed by atoms with Gasteiger partial charge in [-0.05, 0) is 5.57 Å². The lowest BCUT2D eigenvalue weighted by atomic mass is 10.2. The fourth-order valence-electron chi connectivity index (χ4n) is 0.960. The Morgan fingerprint density at radius 1 is 1.08 bits per heavy atom. The second-order valence-corrected chi connectivity index (χ2v) is 2.78. The predicted octanol–water partition coefficient (Wildman–Crippen LogP) is 0.386. The first kappa shape index (κ1) is 9.92. The van der Waals surface area contributed by atoms with Crippen molar-refractivity contribution in [2.45, 2.75) is 6.29 Å². The van der Waals surface area contributed by atoms with Crippen LogP contribution < -0.4 is 16.8 Å². The molecule has 0 bridgehead atoms. The molecule has 0 saturated heterocycles.